The number of amides is 2. The highest BCUT2D eigenvalue weighted by molar-refractivity contribution is 14.1. The van der Waals surface area contributed by atoms with Crippen LogP contribution in [0.15, 0.2) is 70.5 Å². The van der Waals surface area contributed by atoms with Gasteiger partial charge in [0.2, 0.25) is 0 Å². The minimum atomic E-state index is -4.16. The smallest absolute Gasteiger partial charge is 0.339 e. The minimum absolute atomic E-state index is 0.0406. The second kappa shape index (κ2) is 10.5. The summed E-state index contributed by atoms with van der Waals surface area (Å²) in [6, 6.07) is 16.5. The molecule has 0 spiro atoms. The lowest BCUT2D eigenvalue weighted by Gasteiger charge is -2.12. The SMILES string of the molecule is Cc1ccc(S(=O)(=O)Oc2c(Cl)cc(/C=C3\SC(=O)N(Cc4ccc(I)cc4)C3=O)cc2Cl)cc1. The van der Waals surface area contributed by atoms with Gasteiger partial charge in [-0.25, -0.2) is 0 Å². The van der Waals surface area contributed by atoms with Crippen LogP contribution in [0.25, 0.3) is 6.08 Å². The maximum Gasteiger partial charge on any atom is 0.339 e. The highest BCUT2D eigenvalue weighted by Gasteiger charge is 2.35. The number of carbonyl (C=O) groups excluding carboxylic acids is 2. The first-order valence-electron chi connectivity index (χ1n) is 10.0. The van der Waals surface area contributed by atoms with Crippen LogP contribution >= 0.6 is 57.6 Å². The molecule has 0 unspecified atom stereocenters. The number of nitrogens with zero attached hydrogens (tertiary/aromatic N) is 1. The molecular formula is C24H16Cl2INO5S2. The summed E-state index contributed by atoms with van der Waals surface area (Å²) < 4.78 is 31.5. The number of aryl methyl sites for hydroxylation is 1. The largest absolute Gasteiger partial charge is 0.376 e. The van der Waals surface area contributed by atoms with E-state index in [1.807, 2.05) is 31.2 Å². The summed E-state index contributed by atoms with van der Waals surface area (Å²) >= 11 is 15.5. The van der Waals surface area contributed by atoms with Crippen molar-refractivity contribution in [2.45, 2.75) is 18.4 Å². The molecule has 0 radical (unpaired) electrons. The maximum absolute atomic E-state index is 12.8. The molecule has 0 bridgehead atoms. The molecule has 0 atom stereocenters. The highest BCUT2D eigenvalue weighted by atomic mass is 127. The number of hydrogen-bond acceptors (Lipinski definition) is 6. The highest BCUT2D eigenvalue weighted by Crippen LogP contribution is 2.39. The summed E-state index contributed by atoms with van der Waals surface area (Å²) in [5.74, 6) is -0.661. The molecule has 6 nitrogen and oxygen atoms in total. The Hall–Kier alpha value is -2.05. The molecule has 3 aromatic rings. The third kappa shape index (κ3) is 6.03. The lowest BCUT2D eigenvalue weighted by Crippen LogP contribution is -2.27. The quantitative estimate of drug-likeness (QED) is 0.163. The van der Waals surface area contributed by atoms with E-state index < -0.39 is 16.0 Å². The van der Waals surface area contributed by atoms with Gasteiger partial charge in [0.05, 0.1) is 21.5 Å². The van der Waals surface area contributed by atoms with E-state index in [-0.39, 0.29) is 37.4 Å². The second-order valence-electron chi connectivity index (χ2n) is 7.56. The van der Waals surface area contributed by atoms with Crippen LogP contribution < -0.4 is 4.18 Å². The minimum Gasteiger partial charge on any atom is -0.376 e. The van der Waals surface area contributed by atoms with Crippen molar-refractivity contribution in [2.24, 2.45) is 0 Å². The molecule has 2 amide bonds. The van der Waals surface area contributed by atoms with Crippen molar-refractivity contribution in [3.05, 3.63) is 95.9 Å². The van der Waals surface area contributed by atoms with E-state index in [1.54, 1.807) is 12.1 Å². The molecule has 180 valence electrons. The number of thioether (sulfide) groups is 1. The first-order valence-corrected chi connectivity index (χ1v) is 14.1. The summed E-state index contributed by atoms with van der Waals surface area (Å²) in [5, 5.41) is -0.503. The van der Waals surface area contributed by atoms with Gasteiger partial charge in [-0.2, -0.15) is 8.42 Å². The van der Waals surface area contributed by atoms with Gasteiger partial charge in [0.15, 0.2) is 5.75 Å². The Morgan fingerprint density at radius 3 is 2.20 bits per heavy atom. The van der Waals surface area contributed by atoms with Crippen molar-refractivity contribution in [3.8, 4) is 5.75 Å². The molecule has 11 heteroatoms. The average molecular weight is 660 g/mol. The van der Waals surface area contributed by atoms with Gasteiger partial charge in [-0.3, -0.25) is 14.5 Å². The van der Waals surface area contributed by atoms with Gasteiger partial charge in [-0.15, -0.1) is 0 Å². The zero-order valence-electron chi connectivity index (χ0n) is 18.0. The molecule has 0 N–H and O–H groups in total. The van der Waals surface area contributed by atoms with Gasteiger partial charge in [0, 0.05) is 3.57 Å². The van der Waals surface area contributed by atoms with Gasteiger partial charge in [0.25, 0.3) is 11.1 Å². The van der Waals surface area contributed by atoms with Gasteiger partial charge >= 0.3 is 10.1 Å². The fourth-order valence-corrected chi connectivity index (χ4v) is 6.00. The van der Waals surface area contributed by atoms with Crippen molar-refractivity contribution >= 4 is 84.9 Å². The van der Waals surface area contributed by atoms with Gasteiger partial charge in [-0.05, 0) is 94.9 Å². The van der Waals surface area contributed by atoms with Crippen LogP contribution in [0.2, 0.25) is 10.0 Å². The molecular weight excluding hydrogens is 644 g/mol. The first-order chi connectivity index (χ1) is 16.5. The Morgan fingerprint density at radius 1 is 1.00 bits per heavy atom. The standard InChI is InChI=1S/C24H16Cl2INO5S2/c1-14-2-8-18(9-3-14)35(31,32)33-22-19(25)10-16(11-20(22)26)12-21-23(29)28(24(30)34-21)13-15-4-6-17(27)7-5-15/h2-12H,13H2,1H3/b21-12-. The van der Waals surface area contributed by atoms with Crippen LogP contribution in [0.5, 0.6) is 5.75 Å². The maximum atomic E-state index is 12.8. The van der Waals surface area contributed by atoms with Crippen molar-refractivity contribution in [1.29, 1.82) is 0 Å². The van der Waals surface area contributed by atoms with Gasteiger partial charge in [-0.1, -0.05) is 53.0 Å². The molecule has 0 aliphatic carbocycles. The molecule has 1 aliphatic heterocycles. The molecule has 3 aromatic carbocycles. The lowest BCUT2D eigenvalue weighted by molar-refractivity contribution is -0.123. The normalized spacial score (nSPS) is 15.2. The fourth-order valence-electron chi connectivity index (χ4n) is 3.17. The van der Waals surface area contributed by atoms with Crippen molar-refractivity contribution < 1.29 is 22.2 Å². The molecule has 1 heterocycles. The molecule has 35 heavy (non-hydrogen) atoms. The van der Waals surface area contributed by atoms with Crippen LogP contribution in [0.3, 0.4) is 0 Å². The molecule has 0 aromatic heterocycles. The van der Waals surface area contributed by atoms with Crippen LogP contribution in [0.4, 0.5) is 4.79 Å². The summed E-state index contributed by atoms with van der Waals surface area (Å²) in [5.41, 5.74) is 2.14. The fraction of sp³-hybridized carbons (Fsp3) is 0.0833. The van der Waals surface area contributed by atoms with E-state index in [0.717, 1.165) is 31.4 Å². The van der Waals surface area contributed by atoms with Crippen LogP contribution in [-0.2, 0) is 21.5 Å². The zero-order valence-corrected chi connectivity index (χ0v) is 23.3. The summed E-state index contributed by atoms with van der Waals surface area (Å²) in [7, 11) is -4.16. The summed E-state index contributed by atoms with van der Waals surface area (Å²) in [6.45, 7) is 1.99. The van der Waals surface area contributed by atoms with Crippen molar-refractivity contribution in [3.63, 3.8) is 0 Å². The van der Waals surface area contributed by atoms with E-state index >= 15 is 0 Å². The monoisotopic (exact) mass is 659 g/mol. The molecule has 0 saturated carbocycles. The Balaban J connectivity index is 1.55. The first kappa shape index (κ1) is 26.0. The van der Waals surface area contributed by atoms with Crippen LogP contribution in [-0.4, -0.2) is 24.5 Å². The van der Waals surface area contributed by atoms with E-state index in [0.29, 0.717) is 5.56 Å². The number of hydrogen-bond donors (Lipinski definition) is 0. The molecule has 4 rings (SSSR count). The average Bonchev–Trinajstić information content (AvgIpc) is 3.05. The van der Waals surface area contributed by atoms with Crippen LogP contribution in [0.1, 0.15) is 16.7 Å². The number of rotatable bonds is 6. The summed E-state index contributed by atoms with van der Waals surface area (Å²) in [4.78, 5) is 26.6. The topological polar surface area (TPSA) is 80.8 Å². The summed E-state index contributed by atoms with van der Waals surface area (Å²) in [6.07, 6.45) is 1.48. The number of imide groups is 1. The van der Waals surface area contributed by atoms with Gasteiger partial charge in [0.1, 0.15) is 4.90 Å². The zero-order chi connectivity index (χ0) is 25.3. The lowest BCUT2D eigenvalue weighted by atomic mass is 10.2. The molecule has 1 fully saturated rings. The Labute approximate surface area is 230 Å². The van der Waals surface area contributed by atoms with E-state index in [1.165, 1.54) is 30.3 Å². The third-order valence-electron chi connectivity index (χ3n) is 4.95. The predicted molar refractivity (Wildman–Crippen MR) is 146 cm³/mol. The number of halogens is 3. The third-order valence-corrected chi connectivity index (χ3v) is 8.37. The van der Waals surface area contributed by atoms with E-state index in [4.69, 9.17) is 27.4 Å². The number of carbonyl (C=O) groups is 2. The predicted octanol–water partition coefficient (Wildman–Crippen LogP) is 6.91. The number of benzene rings is 3. The second-order valence-corrected chi connectivity index (χ2v) is 12.2. The van der Waals surface area contributed by atoms with E-state index in [2.05, 4.69) is 22.6 Å². The Morgan fingerprint density at radius 2 is 1.60 bits per heavy atom. The molecule has 1 aliphatic rings. The van der Waals surface area contributed by atoms with E-state index in [9.17, 15) is 18.0 Å². The van der Waals surface area contributed by atoms with Crippen molar-refractivity contribution in [2.75, 3.05) is 0 Å². The molecule has 1 saturated heterocycles. The van der Waals surface area contributed by atoms with Crippen molar-refractivity contribution in [1.82, 2.24) is 4.90 Å². The Kier molecular flexibility index (Phi) is 7.82. The van der Waals surface area contributed by atoms with Crippen LogP contribution in [0, 0.1) is 10.5 Å². The Bertz CT molecular complexity index is 1430. The van der Waals surface area contributed by atoms with Gasteiger partial charge < -0.3 is 4.18 Å².